The Hall–Kier alpha value is -1.25. The molecule has 0 spiro atoms. The first-order valence-electron chi connectivity index (χ1n) is 4.83. The highest BCUT2D eigenvalue weighted by atomic mass is 32.2. The summed E-state index contributed by atoms with van der Waals surface area (Å²) in [6.07, 6.45) is 0. The van der Waals surface area contributed by atoms with Gasteiger partial charge < -0.3 is 4.18 Å². The van der Waals surface area contributed by atoms with E-state index in [0.717, 1.165) is 4.90 Å². The molecule has 0 bridgehead atoms. The Kier molecular flexibility index (Phi) is 3.83. The number of rotatable bonds is 4. The first-order valence-corrected chi connectivity index (χ1v) is 5.58. The van der Waals surface area contributed by atoms with E-state index in [4.69, 9.17) is 4.18 Å². The van der Waals surface area contributed by atoms with Crippen LogP contribution >= 0.6 is 12.0 Å². The van der Waals surface area contributed by atoms with Gasteiger partial charge >= 0.3 is 0 Å². The van der Waals surface area contributed by atoms with Crippen molar-refractivity contribution in [3.05, 3.63) is 66.2 Å². The Morgan fingerprint density at radius 1 is 0.800 bits per heavy atom. The molecule has 2 aromatic carbocycles. The van der Waals surface area contributed by atoms with Crippen LogP contribution in [0.15, 0.2) is 65.6 Å². The smallest absolute Gasteiger partial charge is 0.0869 e. The van der Waals surface area contributed by atoms with Crippen LogP contribution in [0.5, 0.6) is 0 Å². The van der Waals surface area contributed by atoms with E-state index in [9.17, 15) is 0 Å². The van der Waals surface area contributed by atoms with Gasteiger partial charge in [-0.05, 0) is 17.7 Å². The summed E-state index contributed by atoms with van der Waals surface area (Å²) in [5.41, 5.74) is 1.20. The van der Waals surface area contributed by atoms with Crippen LogP contribution in [-0.2, 0) is 10.8 Å². The standard InChI is InChI=1S/C13H12OS/c1-3-7-12(8-4-1)11-14-15-13-9-5-2-6-10-13/h1-10H,11H2. The van der Waals surface area contributed by atoms with Gasteiger partial charge in [0.05, 0.1) is 6.61 Å². The minimum atomic E-state index is 0.639. The predicted molar refractivity (Wildman–Crippen MR) is 63.5 cm³/mol. The molecule has 0 aliphatic carbocycles. The maximum absolute atomic E-state index is 5.52. The third-order valence-electron chi connectivity index (χ3n) is 1.97. The van der Waals surface area contributed by atoms with Gasteiger partial charge in [0, 0.05) is 16.9 Å². The molecular formula is C13H12OS. The molecule has 0 aliphatic rings. The van der Waals surface area contributed by atoms with Crippen LogP contribution in [-0.4, -0.2) is 0 Å². The number of hydrogen-bond acceptors (Lipinski definition) is 2. The van der Waals surface area contributed by atoms with E-state index >= 15 is 0 Å². The Bertz CT molecular complexity index is 346. The molecular weight excluding hydrogens is 204 g/mol. The van der Waals surface area contributed by atoms with Gasteiger partial charge in [-0.15, -0.1) is 0 Å². The highest BCUT2D eigenvalue weighted by Gasteiger charge is 1.94. The van der Waals surface area contributed by atoms with E-state index in [1.54, 1.807) is 0 Å². The Balaban J connectivity index is 1.81. The fourth-order valence-electron chi connectivity index (χ4n) is 1.22. The van der Waals surface area contributed by atoms with Gasteiger partial charge in [-0.1, -0.05) is 48.5 Å². The summed E-state index contributed by atoms with van der Waals surface area (Å²) in [4.78, 5) is 1.13. The molecule has 76 valence electrons. The van der Waals surface area contributed by atoms with Gasteiger partial charge in [0.1, 0.15) is 0 Å². The average molecular weight is 216 g/mol. The van der Waals surface area contributed by atoms with Crippen molar-refractivity contribution in [1.82, 2.24) is 0 Å². The van der Waals surface area contributed by atoms with E-state index in [1.807, 2.05) is 48.5 Å². The molecule has 0 unspecified atom stereocenters. The lowest BCUT2D eigenvalue weighted by atomic mass is 10.2. The van der Waals surface area contributed by atoms with Crippen LogP contribution in [0.3, 0.4) is 0 Å². The molecule has 2 rings (SSSR count). The molecule has 0 amide bonds. The van der Waals surface area contributed by atoms with Crippen molar-refractivity contribution in [2.45, 2.75) is 11.5 Å². The molecule has 0 heterocycles. The molecule has 2 aromatic rings. The van der Waals surface area contributed by atoms with Gasteiger partial charge in [0.15, 0.2) is 0 Å². The van der Waals surface area contributed by atoms with Crippen LogP contribution in [0.1, 0.15) is 5.56 Å². The zero-order chi connectivity index (χ0) is 10.3. The lowest BCUT2D eigenvalue weighted by molar-refractivity contribution is 0.364. The molecule has 0 atom stereocenters. The summed E-state index contributed by atoms with van der Waals surface area (Å²) in [5.74, 6) is 0. The molecule has 0 aliphatic heterocycles. The van der Waals surface area contributed by atoms with Crippen molar-refractivity contribution in [2.24, 2.45) is 0 Å². The second-order valence-electron chi connectivity index (χ2n) is 3.14. The maximum Gasteiger partial charge on any atom is 0.0869 e. The van der Waals surface area contributed by atoms with Gasteiger partial charge in [-0.3, -0.25) is 0 Å². The second kappa shape index (κ2) is 5.59. The number of benzene rings is 2. The van der Waals surface area contributed by atoms with E-state index in [-0.39, 0.29) is 0 Å². The van der Waals surface area contributed by atoms with E-state index < -0.39 is 0 Å². The third kappa shape index (κ3) is 3.42. The van der Waals surface area contributed by atoms with Crippen molar-refractivity contribution in [1.29, 1.82) is 0 Å². The molecule has 0 N–H and O–H groups in total. The molecule has 0 saturated heterocycles. The predicted octanol–water partition coefficient (Wildman–Crippen LogP) is 3.91. The van der Waals surface area contributed by atoms with Crippen molar-refractivity contribution in [3.8, 4) is 0 Å². The van der Waals surface area contributed by atoms with Crippen LogP contribution in [0.2, 0.25) is 0 Å². The van der Waals surface area contributed by atoms with Gasteiger partial charge in [0.25, 0.3) is 0 Å². The quantitative estimate of drug-likeness (QED) is 0.717. The summed E-state index contributed by atoms with van der Waals surface area (Å²) in [5, 5.41) is 0. The first-order chi connectivity index (χ1) is 7.45. The van der Waals surface area contributed by atoms with Crippen LogP contribution in [0, 0.1) is 0 Å². The van der Waals surface area contributed by atoms with Gasteiger partial charge in [-0.25, -0.2) is 0 Å². The second-order valence-corrected chi connectivity index (χ2v) is 4.02. The van der Waals surface area contributed by atoms with E-state index in [0.29, 0.717) is 6.61 Å². The SMILES string of the molecule is c1ccc(COSc2ccccc2)cc1. The Morgan fingerprint density at radius 3 is 2.07 bits per heavy atom. The zero-order valence-corrected chi connectivity index (χ0v) is 9.11. The average Bonchev–Trinajstić information content (AvgIpc) is 2.32. The minimum absolute atomic E-state index is 0.639. The van der Waals surface area contributed by atoms with Crippen molar-refractivity contribution < 1.29 is 4.18 Å². The molecule has 0 fully saturated rings. The van der Waals surface area contributed by atoms with Crippen molar-refractivity contribution in [2.75, 3.05) is 0 Å². The normalized spacial score (nSPS) is 10.1. The third-order valence-corrected chi connectivity index (χ3v) is 2.67. The molecule has 0 radical (unpaired) electrons. The van der Waals surface area contributed by atoms with Gasteiger partial charge in [-0.2, -0.15) is 0 Å². The Labute approximate surface area is 94.3 Å². The molecule has 1 nitrogen and oxygen atoms in total. The monoisotopic (exact) mass is 216 g/mol. The summed E-state index contributed by atoms with van der Waals surface area (Å²) in [6.45, 7) is 0.639. The summed E-state index contributed by atoms with van der Waals surface area (Å²) >= 11 is 1.42. The zero-order valence-electron chi connectivity index (χ0n) is 8.30. The highest BCUT2D eigenvalue weighted by molar-refractivity contribution is 7.94. The van der Waals surface area contributed by atoms with Gasteiger partial charge in [0.2, 0.25) is 0 Å². The lowest BCUT2D eigenvalue weighted by Crippen LogP contribution is -1.84. The van der Waals surface area contributed by atoms with Crippen LogP contribution in [0.25, 0.3) is 0 Å². The van der Waals surface area contributed by atoms with Crippen molar-refractivity contribution >= 4 is 12.0 Å². The highest BCUT2D eigenvalue weighted by Crippen LogP contribution is 2.19. The topological polar surface area (TPSA) is 9.23 Å². The van der Waals surface area contributed by atoms with Crippen molar-refractivity contribution in [3.63, 3.8) is 0 Å². The van der Waals surface area contributed by atoms with E-state index in [1.165, 1.54) is 17.6 Å². The Morgan fingerprint density at radius 2 is 1.40 bits per heavy atom. The van der Waals surface area contributed by atoms with Crippen LogP contribution in [0.4, 0.5) is 0 Å². The van der Waals surface area contributed by atoms with Crippen LogP contribution < -0.4 is 0 Å². The largest absolute Gasteiger partial charge is 0.305 e. The first kappa shape index (κ1) is 10.3. The summed E-state index contributed by atoms with van der Waals surface area (Å²) in [7, 11) is 0. The van der Waals surface area contributed by atoms with E-state index in [2.05, 4.69) is 12.1 Å². The fraction of sp³-hybridized carbons (Fsp3) is 0.0769. The fourth-order valence-corrected chi connectivity index (χ4v) is 1.82. The minimum Gasteiger partial charge on any atom is -0.305 e. The molecule has 0 aromatic heterocycles. The molecule has 2 heteroatoms. The molecule has 0 saturated carbocycles. The molecule has 15 heavy (non-hydrogen) atoms. The summed E-state index contributed by atoms with van der Waals surface area (Å²) < 4.78 is 5.52. The summed E-state index contributed by atoms with van der Waals surface area (Å²) in [6, 6.07) is 20.3. The maximum atomic E-state index is 5.52. The number of hydrogen-bond donors (Lipinski definition) is 0. The lowest BCUT2D eigenvalue weighted by Gasteiger charge is -2.02.